The van der Waals surface area contributed by atoms with Crippen molar-refractivity contribution in [3.05, 3.63) is 176 Å². The fourth-order valence-corrected chi connectivity index (χ4v) is 6.45. The third-order valence-electron chi connectivity index (χ3n) is 8.96. The van der Waals surface area contributed by atoms with Crippen LogP contribution in [0.3, 0.4) is 0 Å². The van der Waals surface area contributed by atoms with Gasteiger partial charge in [-0.2, -0.15) is 4.80 Å². The Labute approximate surface area is 283 Å². The molecule has 0 aliphatic rings. The van der Waals surface area contributed by atoms with Crippen LogP contribution in [0, 0.1) is 0 Å². The highest BCUT2D eigenvalue weighted by Crippen LogP contribution is 2.36. The number of rotatable bonds is 6. The number of hydrogen-bond acceptors (Lipinski definition) is 4. The maximum Gasteiger partial charge on any atom is 0.121 e. The standard InChI is InChI=1S/C44H29N5/c1-2-10-32-25-34(18-17-30(32)9-1)31-19-21-39(22-20-31)49-47-43-29-38(33-11-7-13-36(26-33)41-15-3-5-23-45-41)28-40(44(43)48-49)35-12-8-14-37(27-35)42-16-4-6-24-46-42/h1-29H. The first-order chi connectivity index (χ1) is 24.2. The van der Waals surface area contributed by atoms with Crippen molar-refractivity contribution < 1.29 is 0 Å². The molecule has 0 aliphatic heterocycles. The van der Waals surface area contributed by atoms with Crippen LogP contribution in [0.1, 0.15) is 0 Å². The summed E-state index contributed by atoms with van der Waals surface area (Å²) in [6.45, 7) is 0. The van der Waals surface area contributed by atoms with Crippen LogP contribution in [0.5, 0.6) is 0 Å². The van der Waals surface area contributed by atoms with Crippen LogP contribution in [-0.2, 0) is 0 Å². The number of aromatic nitrogens is 5. The summed E-state index contributed by atoms with van der Waals surface area (Å²) in [4.78, 5) is 10.9. The summed E-state index contributed by atoms with van der Waals surface area (Å²) in [6, 6.07) is 56.8. The molecule has 230 valence electrons. The first-order valence-electron chi connectivity index (χ1n) is 16.3. The molecule has 49 heavy (non-hydrogen) atoms. The Bertz CT molecular complexity index is 2590. The molecule has 0 radical (unpaired) electrons. The highest BCUT2D eigenvalue weighted by Gasteiger charge is 2.16. The van der Waals surface area contributed by atoms with Gasteiger partial charge < -0.3 is 0 Å². The van der Waals surface area contributed by atoms with Gasteiger partial charge in [0.25, 0.3) is 0 Å². The maximum atomic E-state index is 5.08. The van der Waals surface area contributed by atoms with E-state index in [1.165, 1.54) is 16.3 Å². The predicted molar refractivity (Wildman–Crippen MR) is 199 cm³/mol. The van der Waals surface area contributed by atoms with E-state index in [2.05, 4.69) is 137 Å². The first kappa shape index (κ1) is 28.5. The lowest BCUT2D eigenvalue weighted by molar-refractivity contribution is 0.766. The maximum absolute atomic E-state index is 5.08. The number of hydrogen-bond donors (Lipinski definition) is 0. The van der Waals surface area contributed by atoms with E-state index in [9.17, 15) is 0 Å². The molecule has 3 aromatic heterocycles. The summed E-state index contributed by atoms with van der Waals surface area (Å²) in [7, 11) is 0. The zero-order chi connectivity index (χ0) is 32.6. The normalized spacial score (nSPS) is 11.3. The molecule has 0 bridgehead atoms. The van der Waals surface area contributed by atoms with Crippen LogP contribution < -0.4 is 0 Å². The van der Waals surface area contributed by atoms with E-state index < -0.39 is 0 Å². The third kappa shape index (κ3) is 5.53. The van der Waals surface area contributed by atoms with Crippen LogP contribution in [0.4, 0.5) is 0 Å². The smallest absolute Gasteiger partial charge is 0.121 e. The fraction of sp³-hybridized carbons (Fsp3) is 0. The van der Waals surface area contributed by atoms with Gasteiger partial charge in [-0.1, -0.05) is 97.1 Å². The molecule has 0 fully saturated rings. The zero-order valence-electron chi connectivity index (χ0n) is 26.5. The van der Waals surface area contributed by atoms with Crippen LogP contribution in [-0.4, -0.2) is 25.0 Å². The topological polar surface area (TPSA) is 56.5 Å². The molecule has 0 aliphatic carbocycles. The van der Waals surface area contributed by atoms with Gasteiger partial charge in [0.05, 0.1) is 17.1 Å². The summed E-state index contributed by atoms with van der Waals surface area (Å²) in [5.41, 5.74) is 13.0. The number of benzene rings is 6. The largest absolute Gasteiger partial charge is 0.256 e. The van der Waals surface area contributed by atoms with E-state index in [-0.39, 0.29) is 0 Å². The summed E-state index contributed by atoms with van der Waals surface area (Å²) >= 11 is 0. The zero-order valence-corrected chi connectivity index (χ0v) is 26.5. The predicted octanol–water partition coefficient (Wildman–Crippen LogP) is 10.7. The minimum absolute atomic E-state index is 0.817. The van der Waals surface area contributed by atoms with Gasteiger partial charge in [-0.25, -0.2) is 0 Å². The lowest BCUT2D eigenvalue weighted by Gasteiger charge is -2.10. The van der Waals surface area contributed by atoms with Crippen LogP contribution in [0.2, 0.25) is 0 Å². The minimum Gasteiger partial charge on any atom is -0.256 e. The van der Waals surface area contributed by atoms with Crippen LogP contribution >= 0.6 is 0 Å². The highest BCUT2D eigenvalue weighted by atomic mass is 15.5. The molecule has 9 aromatic rings. The lowest BCUT2D eigenvalue weighted by atomic mass is 9.95. The van der Waals surface area contributed by atoms with E-state index in [0.29, 0.717) is 0 Å². The molecule has 0 unspecified atom stereocenters. The Kier molecular flexibility index (Phi) is 7.06. The van der Waals surface area contributed by atoms with Crippen molar-refractivity contribution in [1.29, 1.82) is 0 Å². The molecule has 0 atom stereocenters. The second-order valence-corrected chi connectivity index (χ2v) is 12.1. The Morgan fingerprint density at radius 3 is 1.69 bits per heavy atom. The van der Waals surface area contributed by atoms with Crippen LogP contribution in [0.25, 0.3) is 83.4 Å². The second kappa shape index (κ2) is 12.1. The fourth-order valence-electron chi connectivity index (χ4n) is 6.45. The Balaban J connectivity index is 1.16. The van der Waals surface area contributed by atoms with Gasteiger partial charge in [-0.15, -0.1) is 10.2 Å². The molecule has 0 saturated carbocycles. The molecule has 5 nitrogen and oxygen atoms in total. The Hall–Kier alpha value is -6.72. The van der Waals surface area contributed by atoms with Crippen molar-refractivity contribution >= 4 is 21.8 Å². The molecule has 6 aromatic carbocycles. The van der Waals surface area contributed by atoms with Gasteiger partial charge >= 0.3 is 0 Å². The highest BCUT2D eigenvalue weighted by molar-refractivity contribution is 5.96. The Morgan fingerprint density at radius 2 is 0.980 bits per heavy atom. The summed E-state index contributed by atoms with van der Waals surface area (Å²) in [6.07, 6.45) is 3.65. The molecule has 3 heterocycles. The molecule has 0 spiro atoms. The average Bonchev–Trinajstić information content (AvgIpc) is 3.63. The number of nitrogens with zero attached hydrogens (tertiary/aromatic N) is 5. The average molecular weight is 628 g/mol. The minimum atomic E-state index is 0.817. The summed E-state index contributed by atoms with van der Waals surface area (Å²) in [5.74, 6) is 0. The van der Waals surface area contributed by atoms with Gasteiger partial charge in [0.2, 0.25) is 0 Å². The molecule has 9 rings (SSSR count). The van der Waals surface area contributed by atoms with Crippen molar-refractivity contribution in [2.75, 3.05) is 0 Å². The van der Waals surface area contributed by atoms with Crippen molar-refractivity contribution in [2.24, 2.45) is 0 Å². The monoisotopic (exact) mass is 627 g/mol. The quantitative estimate of drug-likeness (QED) is 0.184. The molecular weight excluding hydrogens is 599 g/mol. The van der Waals surface area contributed by atoms with Gasteiger partial charge in [-0.05, 0) is 105 Å². The summed E-state index contributed by atoms with van der Waals surface area (Å²) < 4.78 is 0. The van der Waals surface area contributed by atoms with E-state index in [1.807, 2.05) is 48.8 Å². The molecular formula is C44H29N5. The van der Waals surface area contributed by atoms with Gasteiger partial charge in [0.15, 0.2) is 0 Å². The molecule has 0 saturated heterocycles. The van der Waals surface area contributed by atoms with Crippen molar-refractivity contribution in [1.82, 2.24) is 25.0 Å². The van der Waals surface area contributed by atoms with Crippen molar-refractivity contribution in [3.8, 4) is 61.6 Å². The van der Waals surface area contributed by atoms with Crippen LogP contribution in [0.15, 0.2) is 176 Å². The van der Waals surface area contributed by atoms with E-state index in [4.69, 9.17) is 10.2 Å². The van der Waals surface area contributed by atoms with E-state index in [0.717, 1.165) is 67.1 Å². The van der Waals surface area contributed by atoms with Gasteiger partial charge in [0, 0.05) is 29.1 Å². The van der Waals surface area contributed by atoms with Crippen molar-refractivity contribution in [2.45, 2.75) is 0 Å². The van der Waals surface area contributed by atoms with Crippen molar-refractivity contribution in [3.63, 3.8) is 0 Å². The number of fused-ring (bicyclic) bond motifs is 2. The Morgan fingerprint density at radius 1 is 0.367 bits per heavy atom. The lowest BCUT2D eigenvalue weighted by Crippen LogP contribution is -1.98. The second-order valence-electron chi connectivity index (χ2n) is 12.1. The van der Waals surface area contributed by atoms with E-state index >= 15 is 0 Å². The molecule has 0 amide bonds. The SMILES string of the molecule is c1ccc(-c2cccc(-c3cc(-c4cccc(-c5ccccn5)c4)c4nn(-c5ccc(-c6ccc7ccccc7c6)cc5)nc4c3)c2)nc1. The third-order valence-corrected chi connectivity index (χ3v) is 8.96. The first-order valence-corrected chi connectivity index (χ1v) is 16.3. The molecule has 0 N–H and O–H groups in total. The molecule has 5 heteroatoms. The number of pyridine rings is 2. The van der Waals surface area contributed by atoms with Gasteiger partial charge in [0.1, 0.15) is 11.0 Å². The summed E-state index contributed by atoms with van der Waals surface area (Å²) in [5, 5.41) is 12.6. The van der Waals surface area contributed by atoms with E-state index in [1.54, 1.807) is 4.80 Å². The van der Waals surface area contributed by atoms with Gasteiger partial charge in [-0.3, -0.25) is 9.97 Å².